The average molecular weight is 291 g/mol. The first-order chi connectivity index (χ1) is 10.1. The lowest BCUT2D eigenvalue weighted by Crippen LogP contribution is -2.14. The molecule has 2 rings (SSSR count). The van der Waals surface area contributed by atoms with Crippen LogP contribution in [0.4, 0.5) is 5.69 Å². The summed E-state index contributed by atoms with van der Waals surface area (Å²) in [6, 6.07) is 6.71. The highest BCUT2D eigenvalue weighted by molar-refractivity contribution is 5.95. The van der Waals surface area contributed by atoms with E-state index in [2.05, 4.69) is 5.32 Å². The number of rotatable bonds is 7. The molecule has 114 valence electrons. The quantitative estimate of drug-likeness (QED) is 0.619. The first-order valence-corrected chi connectivity index (χ1v) is 7.26. The molecule has 1 aromatic rings. The van der Waals surface area contributed by atoms with Gasteiger partial charge in [-0.1, -0.05) is 0 Å². The summed E-state index contributed by atoms with van der Waals surface area (Å²) in [5.41, 5.74) is 1.16. The van der Waals surface area contributed by atoms with Crippen LogP contribution in [-0.2, 0) is 14.3 Å². The van der Waals surface area contributed by atoms with E-state index in [-0.39, 0.29) is 30.5 Å². The van der Waals surface area contributed by atoms with E-state index in [0.717, 1.165) is 12.8 Å². The van der Waals surface area contributed by atoms with Gasteiger partial charge in [0.15, 0.2) is 0 Å². The molecule has 0 atom stereocenters. The maximum Gasteiger partial charge on any atom is 0.338 e. The standard InChI is InChI=1S/C16H21NO4/c1-11(2)20-9-10-21-16(19)13-5-7-14(8-6-13)17-15(18)12-3-4-12/h5-8,11-12H,3-4,9-10H2,1-2H3,(H,17,18). The van der Waals surface area contributed by atoms with Gasteiger partial charge in [-0.25, -0.2) is 4.79 Å². The third-order valence-electron chi connectivity index (χ3n) is 3.10. The van der Waals surface area contributed by atoms with Crippen molar-refractivity contribution in [2.24, 2.45) is 5.92 Å². The van der Waals surface area contributed by atoms with E-state index >= 15 is 0 Å². The molecule has 0 saturated heterocycles. The Bertz CT molecular complexity index is 492. The molecule has 0 unspecified atom stereocenters. The van der Waals surface area contributed by atoms with Crippen LogP contribution in [0.5, 0.6) is 0 Å². The zero-order valence-electron chi connectivity index (χ0n) is 12.4. The van der Waals surface area contributed by atoms with Crippen LogP contribution in [0.15, 0.2) is 24.3 Å². The Labute approximate surface area is 124 Å². The van der Waals surface area contributed by atoms with Gasteiger partial charge in [-0.05, 0) is 51.0 Å². The maximum atomic E-state index is 11.8. The van der Waals surface area contributed by atoms with Gasteiger partial charge in [0.05, 0.1) is 18.3 Å². The molecule has 0 radical (unpaired) electrons. The number of carbonyl (C=O) groups is 2. The Kier molecular flexibility index (Phi) is 5.33. The highest BCUT2D eigenvalue weighted by Crippen LogP contribution is 2.30. The highest BCUT2D eigenvalue weighted by Gasteiger charge is 2.29. The van der Waals surface area contributed by atoms with Gasteiger partial charge in [-0.2, -0.15) is 0 Å². The minimum Gasteiger partial charge on any atom is -0.460 e. The van der Waals surface area contributed by atoms with Gasteiger partial charge in [0.25, 0.3) is 0 Å². The topological polar surface area (TPSA) is 64.6 Å². The summed E-state index contributed by atoms with van der Waals surface area (Å²) in [7, 11) is 0. The molecule has 0 bridgehead atoms. The number of esters is 1. The van der Waals surface area contributed by atoms with Gasteiger partial charge in [0, 0.05) is 11.6 Å². The van der Waals surface area contributed by atoms with Crippen LogP contribution in [0, 0.1) is 5.92 Å². The number of amides is 1. The number of benzene rings is 1. The highest BCUT2D eigenvalue weighted by atomic mass is 16.6. The third kappa shape index (κ3) is 5.19. The summed E-state index contributed by atoms with van der Waals surface area (Å²) >= 11 is 0. The Morgan fingerprint density at radius 2 is 1.86 bits per heavy atom. The number of hydrogen-bond donors (Lipinski definition) is 1. The molecule has 0 aromatic heterocycles. The predicted molar refractivity (Wildman–Crippen MR) is 79.2 cm³/mol. The van der Waals surface area contributed by atoms with Crippen molar-refractivity contribution in [1.82, 2.24) is 0 Å². The molecule has 1 amide bonds. The van der Waals surface area contributed by atoms with Gasteiger partial charge >= 0.3 is 5.97 Å². The minimum absolute atomic E-state index is 0.0520. The first-order valence-electron chi connectivity index (χ1n) is 7.26. The molecular weight excluding hydrogens is 270 g/mol. The van der Waals surface area contributed by atoms with Crippen LogP contribution >= 0.6 is 0 Å². The Balaban J connectivity index is 1.77. The summed E-state index contributed by atoms with van der Waals surface area (Å²) in [5.74, 6) is -0.172. The number of ether oxygens (including phenoxy) is 2. The van der Waals surface area contributed by atoms with E-state index in [1.54, 1.807) is 24.3 Å². The summed E-state index contributed by atoms with van der Waals surface area (Å²) in [6.45, 7) is 4.48. The zero-order valence-corrected chi connectivity index (χ0v) is 12.4. The molecule has 0 heterocycles. The minimum atomic E-state index is -0.387. The third-order valence-corrected chi connectivity index (χ3v) is 3.10. The molecule has 1 saturated carbocycles. The van der Waals surface area contributed by atoms with Crippen molar-refractivity contribution in [3.8, 4) is 0 Å². The van der Waals surface area contributed by atoms with Crippen molar-refractivity contribution in [3.63, 3.8) is 0 Å². The largest absolute Gasteiger partial charge is 0.460 e. The Morgan fingerprint density at radius 3 is 2.43 bits per heavy atom. The van der Waals surface area contributed by atoms with Crippen molar-refractivity contribution >= 4 is 17.6 Å². The lowest BCUT2D eigenvalue weighted by molar-refractivity contribution is -0.117. The van der Waals surface area contributed by atoms with Crippen molar-refractivity contribution in [2.45, 2.75) is 32.8 Å². The SMILES string of the molecule is CC(C)OCCOC(=O)c1ccc(NC(=O)C2CC2)cc1. The van der Waals surface area contributed by atoms with E-state index in [9.17, 15) is 9.59 Å². The lowest BCUT2D eigenvalue weighted by atomic mass is 10.2. The van der Waals surface area contributed by atoms with E-state index < -0.39 is 0 Å². The number of anilines is 1. The van der Waals surface area contributed by atoms with Gasteiger partial charge in [-0.15, -0.1) is 0 Å². The molecule has 5 nitrogen and oxygen atoms in total. The maximum absolute atomic E-state index is 11.8. The number of carbonyl (C=O) groups excluding carboxylic acids is 2. The summed E-state index contributed by atoms with van der Waals surface area (Å²) < 4.78 is 10.4. The van der Waals surface area contributed by atoms with E-state index in [4.69, 9.17) is 9.47 Å². The molecule has 1 aliphatic carbocycles. The molecule has 21 heavy (non-hydrogen) atoms. The van der Waals surface area contributed by atoms with Crippen LogP contribution in [-0.4, -0.2) is 31.2 Å². The molecule has 1 N–H and O–H groups in total. The fraction of sp³-hybridized carbons (Fsp3) is 0.500. The Morgan fingerprint density at radius 1 is 1.19 bits per heavy atom. The second kappa shape index (κ2) is 7.22. The number of hydrogen-bond acceptors (Lipinski definition) is 4. The second-order valence-electron chi connectivity index (χ2n) is 5.40. The van der Waals surface area contributed by atoms with Crippen molar-refractivity contribution in [2.75, 3.05) is 18.5 Å². The predicted octanol–water partition coefficient (Wildman–Crippen LogP) is 2.62. The second-order valence-corrected chi connectivity index (χ2v) is 5.40. The average Bonchev–Trinajstić information content (AvgIpc) is 3.28. The molecular formula is C16H21NO4. The van der Waals surface area contributed by atoms with E-state index in [1.165, 1.54) is 0 Å². The van der Waals surface area contributed by atoms with Crippen molar-refractivity contribution in [3.05, 3.63) is 29.8 Å². The molecule has 0 aliphatic heterocycles. The van der Waals surface area contributed by atoms with Gasteiger partial charge in [0.1, 0.15) is 6.61 Å². The zero-order chi connectivity index (χ0) is 15.2. The van der Waals surface area contributed by atoms with Crippen LogP contribution in [0.2, 0.25) is 0 Å². The molecule has 0 spiro atoms. The van der Waals surface area contributed by atoms with Gasteiger partial charge in [-0.3, -0.25) is 4.79 Å². The van der Waals surface area contributed by atoms with Crippen LogP contribution in [0.1, 0.15) is 37.0 Å². The van der Waals surface area contributed by atoms with Crippen LogP contribution < -0.4 is 5.32 Å². The summed E-state index contributed by atoms with van der Waals surface area (Å²) in [4.78, 5) is 23.4. The molecule has 1 aromatic carbocycles. The van der Waals surface area contributed by atoms with E-state index in [0.29, 0.717) is 17.9 Å². The molecule has 5 heteroatoms. The summed E-state index contributed by atoms with van der Waals surface area (Å²) in [5, 5.41) is 2.82. The van der Waals surface area contributed by atoms with E-state index in [1.807, 2.05) is 13.8 Å². The fourth-order valence-corrected chi connectivity index (χ4v) is 1.78. The number of nitrogens with one attached hydrogen (secondary N) is 1. The normalized spacial score (nSPS) is 14.0. The van der Waals surface area contributed by atoms with Crippen molar-refractivity contribution < 1.29 is 19.1 Å². The van der Waals surface area contributed by atoms with Crippen LogP contribution in [0.3, 0.4) is 0 Å². The monoisotopic (exact) mass is 291 g/mol. The first kappa shape index (κ1) is 15.5. The van der Waals surface area contributed by atoms with Gasteiger partial charge in [0.2, 0.25) is 5.91 Å². The summed E-state index contributed by atoms with van der Waals surface area (Å²) in [6.07, 6.45) is 2.06. The van der Waals surface area contributed by atoms with Gasteiger partial charge < -0.3 is 14.8 Å². The van der Waals surface area contributed by atoms with Crippen LogP contribution in [0.25, 0.3) is 0 Å². The fourth-order valence-electron chi connectivity index (χ4n) is 1.78. The lowest BCUT2D eigenvalue weighted by Gasteiger charge is -2.09. The molecule has 1 aliphatic rings. The molecule has 1 fully saturated rings. The Hall–Kier alpha value is -1.88. The van der Waals surface area contributed by atoms with Crippen molar-refractivity contribution in [1.29, 1.82) is 0 Å². The smallest absolute Gasteiger partial charge is 0.338 e.